The van der Waals surface area contributed by atoms with Crippen molar-refractivity contribution in [3.8, 4) is 0 Å². The number of rotatable bonds is 4. The van der Waals surface area contributed by atoms with Gasteiger partial charge in [0.1, 0.15) is 6.23 Å². The Morgan fingerprint density at radius 1 is 1.68 bits per heavy atom. The van der Waals surface area contributed by atoms with Crippen LogP contribution in [0.1, 0.15) is 13.3 Å². The number of aliphatic hydroxyl groups excluding tert-OH is 1. The number of methoxy groups -OCH3 is 1. The van der Waals surface area contributed by atoms with E-state index in [1.165, 1.54) is 14.0 Å². The highest BCUT2D eigenvalue weighted by Gasteiger charge is 2.54. The van der Waals surface area contributed by atoms with Crippen molar-refractivity contribution in [2.24, 2.45) is 5.11 Å². The van der Waals surface area contributed by atoms with E-state index in [1.807, 2.05) is 0 Å². The zero-order valence-corrected chi connectivity index (χ0v) is 12.7. The van der Waals surface area contributed by atoms with Gasteiger partial charge < -0.3 is 14.6 Å². The van der Waals surface area contributed by atoms with Crippen LogP contribution >= 0.6 is 11.6 Å². The van der Waals surface area contributed by atoms with Gasteiger partial charge in [-0.05, 0) is 12.5 Å². The summed E-state index contributed by atoms with van der Waals surface area (Å²) in [6, 6.07) is -1.36. The molecule has 2 fully saturated rings. The van der Waals surface area contributed by atoms with Crippen LogP contribution in [0.3, 0.4) is 0 Å². The summed E-state index contributed by atoms with van der Waals surface area (Å²) in [5, 5.41) is 14.9. The fourth-order valence-electron chi connectivity index (χ4n) is 2.62. The molecule has 0 radical (unpaired) electrons. The van der Waals surface area contributed by atoms with Gasteiger partial charge in [0.15, 0.2) is 11.1 Å². The first-order valence-corrected chi connectivity index (χ1v) is 6.90. The third-order valence-corrected chi connectivity index (χ3v) is 4.09. The molecule has 0 aromatic heterocycles. The minimum absolute atomic E-state index is 0.156. The first-order chi connectivity index (χ1) is 10.4. The van der Waals surface area contributed by atoms with Gasteiger partial charge in [-0.3, -0.25) is 15.0 Å². The molecule has 10 nitrogen and oxygen atoms in total. The van der Waals surface area contributed by atoms with Crippen molar-refractivity contribution in [3.63, 3.8) is 0 Å². The summed E-state index contributed by atoms with van der Waals surface area (Å²) in [7, 11) is 1.31. The molecule has 0 bridgehead atoms. The topological polar surface area (TPSA) is 137 Å². The summed E-state index contributed by atoms with van der Waals surface area (Å²) in [5.41, 5.74) is 8.54. The summed E-state index contributed by atoms with van der Waals surface area (Å²) in [4.78, 5) is 26.3. The number of halogens is 1. The number of alkyl halides is 1. The third-order valence-electron chi connectivity index (χ3n) is 3.73. The van der Waals surface area contributed by atoms with Gasteiger partial charge in [-0.15, -0.1) is 11.6 Å². The van der Waals surface area contributed by atoms with Crippen LogP contribution in [0.4, 0.5) is 4.79 Å². The second-order valence-electron chi connectivity index (χ2n) is 5.15. The lowest BCUT2D eigenvalue weighted by Gasteiger charge is -2.44. The Balaban J connectivity index is 2.28. The fourth-order valence-corrected chi connectivity index (χ4v) is 2.86. The van der Waals surface area contributed by atoms with Crippen molar-refractivity contribution in [1.82, 2.24) is 10.2 Å². The average Bonchev–Trinajstić information content (AvgIpc) is 2.85. The van der Waals surface area contributed by atoms with E-state index in [2.05, 4.69) is 15.3 Å². The summed E-state index contributed by atoms with van der Waals surface area (Å²) >= 11 is 6.18. The van der Waals surface area contributed by atoms with E-state index in [4.69, 9.17) is 26.6 Å². The number of hydrogen-bond donors (Lipinski definition) is 2. The molecule has 2 saturated heterocycles. The molecule has 22 heavy (non-hydrogen) atoms. The molecule has 3 amide bonds. The highest BCUT2D eigenvalue weighted by atomic mass is 35.5. The largest absolute Gasteiger partial charge is 0.394 e. The molecule has 2 N–H and O–H groups in total. The zero-order valence-electron chi connectivity index (χ0n) is 12.0. The number of carbonyl (C=O) groups is 2. The highest BCUT2D eigenvalue weighted by Crippen LogP contribution is 2.34. The Hall–Kier alpha value is -1.58. The van der Waals surface area contributed by atoms with Crippen molar-refractivity contribution >= 4 is 23.5 Å². The predicted octanol–water partition coefficient (Wildman–Crippen LogP) is 0.294. The number of aliphatic hydroxyl groups is 1. The number of azide groups is 1. The fraction of sp³-hybridized carbons (Fsp3) is 0.818. The first kappa shape index (κ1) is 16.8. The molecule has 0 saturated carbocycles. The number of carbonyl (C=O) groups excluding carboxylic acids is 2. The number of urea groups is 1. The van der Waals surface area contributed by atoms with E-state index in [9.17, 15) is 14.7 Å². The lowest BCUT2D eigenvalue weighted by molar-refractivity contribution is -0.154. The lowest BCUT2D eigenvalue weighted by atomic mass is 10.0. The summed E-state index contributed by atoms with van der Waals surface area (Å²) < 4.78 is 10.7. The SMILES string of the molecule is COC1N([C@H]2CC(N=[N+]=[N-])[C@@H](CO)O2)C(=O)NC(=O)C1(C)Cl. The lowest BCUT2D eigenvalue weighted by Crippen LogP contribution is -2.69. The molecule has 11 heteroatoms. The Labute approximate surface area is 130 Å². The molecule has 0 aromatic carbocycles. The Bertz CT molecular complexity index is 523. The standard InChI is InChI=1S/C11H16ClN5O5/c1-11(12)8(19)14-10(20)17(9(11)21-2)7-3-5(15-16-13)6(4-18)22-7/h5-7,9,18H,3-4H2,1-2H3,(H,14,19,20)/t5?,6-,7-,9?,11?/m1/s1. The zero-order chi connectivity index (χ0) is 16.5. The minimum Gasteiger partial charge on any atom is -0.394 e. The molecular formula is C11H16ClN5O5. The van der Waals surface area contributed by atoms with Crippen LogP contribution in [0.15, 0.2) is 5.11 Å². The second-order valence-corrected chi connectivity index (χ2v) is 5.94. The average molecular weight is 334 g/mol. The van der Waals surface area contributed by atoms with Crippen LogP contribution < -0.4 is 5.32 Å². The Morgan fingerprint density at radius 2 is 2.36 bits per heavy atom. The van der Waals surface area contributed by atoms with Crippen molar-refractivity contribution in [2.75, 3.05) is 13.7 Å². The van der Waals surface area contributed by atoms with Gasteiger partial charge in [0.05, 0.1) is 18.8 Å². The van der Waals surface area contributed by atoms with Crippen LogP contribution in [0, 0.1) is 0 Å². The molecule has 122 valence electrons. The molecule has 2 rings (SSSR count). The van der Waals surface area contributed by atoms with Gasteiger partial charge >= 0.3 is 6.03 Å². The summed E-state index contributed by atoms with van der Waals surface area (Å²) in [5.74, 6) is -0.675. The number of nitrogens with one attached hydrogen (secondary N) is 1. The number of ether oxygens (including phenoxy) is 2. The molecule has 2 aliphatic rings. The highest BCUT2D eigenvalue weighted by molar-refractivity contribution is 6.36. The van der Waals surface area contributed by atoms with E-state index >= 15 is 0 Å². The van der Waals surface area contributed by atoms with Crippen molar-refractivity contribution < 1.29 is 24.2 Å². The van der Waals surface area contributed by atoms with Crippen LogP contribution in [0.25, 0.3) is 10.4 Å². The Morgan fingerprint density at radius 3 is 2.91 bits per heavy atom. The van der Waals surface area contributed by atoms with Crippen LogP contribution in [-0.2, 0) is 14.3 Å². The monoisotopic (exact) mass is 333 g/mol. The number of hydrogen-bond acceptors (Lipinski definition) is 6. The summed E-state index contributed by atoms with van der Waals surface area (Å²) in [6.45, 7) is 1.05. The molecule has 5 atom stereocenters. The van der Waals surface area contributed by atoms with Crippen molar-refractivity contribution in [1.29, 1.82) is 0 Å². The van der Waals surface area contributed by atoms with Gasteiger partial charge in [-0.2, -0.15) is 0 Å². The van der Waals surface area contributed by atoms with E-state index in [0.717, 1.165) is 4.90 Å². The van der Waals surface area contributed by atoms with Gasteiger partial charge in [-0.25, -0.2) is 4.79 Å². The molecule has 0 aliphatic carbocycles. The maximum atomic E-state index is 12.1. The van der Waals surface area contributed by atoms with Crippen LogP contribution in [0.2, 0.25) is 0 Å². The smallest absolute Gasteiger partial charge is 0.328 e. The van der Waals surface area contributed by atoms with E-state index < -0.39 is 41.4 Å². The van der Waals surface area contributed by atoms with Gasteiger partial charge in [-0.1, -0.05) is 5.11 Å². The maximum Gasteiger partial charge on any atom is 0.328 e. The van der Waals surface area contributed by atoms with E-state index in [0.29, 0.717) is 0 Å². The molecule has 3 unspecified atom stereocenters. The van der Waals surface area contributed by atoms with Gasteiger partial charge in [0.2, 0.25) is 0 Å². The molecule has 2 heterocycles. The maximum absolute atomic E-state index is 12.1. The van der Waals surface area contributed by atoms with Gasteiger partial charge in [0, 0.05) is 18.4 Å². The number of nitrogens with zero attached hydrogens (tertiary/aromatic N) is 4. The minimum atomic E-state index is -1.50. The quantitative estimate of drug-likeness (QED) is 0.330. The second kappa shape index (κ2) is 6.27. The van der Waals surface area contributed by atoms with E-state index in [-0.39, 0.29) is 13.0 Å². The number of amides is 3. The van der Waals surface area contributed by atoms with Crippen molar-refractivity contribution in [3.05, 3.63) is 10.4 Å². The molecule has 0 spiro atoms. The van der Waals surface area contributed by atoms with Crippen molar-refractivity contribution in [2.45, 2.75) is 42.8 Å². The molecule has 0 aromatic rings. The molecule has 2 aliphatic heterocycles. The van der Waals surface area contributed by atoms with E-state index in [1.54, 1.807) is 0 Å². The Kier molecular flexibility index (Phi) is 4.78. The molecular weight excluding hydrogens is 318 g/mol. The normalized spacial score (nSPS) is 38.6. The number of imide groups is 1. The third kappa shape index (κ3) is 2.71. The summed E-state index contributed by atoms with van der Waals surface area (Å²) in [6.07, 6.45) is -2.50. The first-order valence-electron chi connectivity index (χ1n) is 6.52. The van der Waals surface area contributed by atoms with Crippen LogP contribution in [0.5, 0.6) is 0 Å². The predicted molar refractivity (Wildman–Crippen MR) is 73.7 cm³/mol. The van der Waals surface area contributed by atoms with Gasteiger partial charge in [0.25, 0.3) is 5.91 Å². The van der Waals surface area contributed by atoms with Crippen LogP contribution in [-0.4, -0.2) is 65.1 Å².